The van der Waals surface area contributed by atoms with Crippen molar-refractivity contribution in [2.24, 2.45) is 0 Å². The predicted molar refractivity (Wildman–Crippen MR) is 102 cm³/mol. The monoisotopic (exact) mass is 409 g/mol. The zero-order valence-corrected chi connectivity index (χ0v) is 16.3. The summed E-state index contributed by atoms with van der Waals surface area (Å²) in [7, 11) is -3.63. The van der Waals surface area contributed by atoms with E-state index in [2.05, 4.69) is 5.32 Å². The zero-order chi connectivity index (χ0) is 19.9. The standard InChI is InChI=1S/C19H20ClNO5S/c1-14(15-5-3-2-4-6-15)21-18(22)13-26-19(23)11-12-27(24,25)17-9-7-16(20)8-10-17/h2-10,14H,11-13H2,1H3,(H,21,22)/t14-/m1/s1. The summed E-state index contributed by atoms with van der Waals surface area (Å²) < 4.78 is 29.2. The van der Waals surface area contributed by atoms with Gasteiger partial charge in [0.05, 0.1) is 23.1 Å². The summed E-state index contributed by atoms with van der Waals surface area (Å²) in [5.41, 5.74) is 0.922. The summed E-state index contributed by atoms with van der Waals surface area (Å²) in [4.78, 5) is 23.7. The highest BCUT2D eigenvalue weighted by atomic mass is 35.5. The number of hydrogen-bond acceptors (Lipinski definition) is 5. The number of ether oxygens (including phenoxy) is 1. The molecule has 0 radical (unpaired) electrons. The second-order valence-corrected chi connectivity index (χ2v) is 8.43. The van der Waals surface area contributed by atoms with Crippen LogP contribution in [0.3, 0.4) is 0 Å². The van der Waals surface area contributed by atoms with Gasteiger partial charge in [-0.15, -0.1) is 0 Å². The van der Waals surface area contributed by atoms with Crippen molar-refractivity contribution in [3.63, 3.8) is 0 Å². The third-order valence-corrected chi connectivity index (χ3v) is 5.77. The maximum absolute atomic E-state index is 12.2. The molecule has 0 saturated heterocycles. The van der Waals surface area contributed by atoms with Gasteiger partial charge in [-0.3, -0.25) is 9.59 Å². The summed E-state index contributed by atoms with van der Waals surface area (Å²) >= 11 is 5.73. The van der Waals surface area contributed by atoms with Gasteiger partial charge in [-0.25, -0.2) is 8.42 Å². The number of sulfone groups is 1. The fourth-order valence-corrected chi connectivity index (χ4v) is 3.65. The van der Waals surface area contributed by atoms with Crippen molar-refractivity contribution in [1.29, 1.82) is 0 Å². The van der Waals surface area contributed by atoms with Gasteiger partial charge in [0.2, 0.25) is 0 Å². The molecule has 0 aliphatic heterocycles. The van der Waals surface area contributed by atoms with Crippen LogP contribution in [0.25, 0.3) is 0 Å². The fourth-order valence-electron chi connectivity index (χ4n) is 2.30. The Bertz CT molecular complexity index is 882. The van der Waals surface area contributed by atoms with Crippen molar-refractivity contribution in [2.45, 2.75) is 24.3 Å². The van der Waals surface area contributed by atoms with Crippen LogP contribution in [0.1, 0.15) is 24.9 Å². The number of carbonyl (C=O) groups excluding carboxylic acids is 2. The van der Waals surface area contributed by atoms with Crippen LogP contribution < -0.4 is 5.32 Å². The van der Waals surface area contributed by atoms with Gasteiger partial charge >= 0.3 is 5.97 Å². The number of esters is 1. The Labute approximate surface area is 163 Å². The molecule has 2 rings (SSSR count). The molecule has 0 unspecified atom stereocenters. The number of rotatable bonds is 8. The molecule has 6 nitrogen and oxygen atoms in total. The molecule has 8 heteroatoms. The van der Waals surface area contributed by atoms with E-state index in [1.54, 1.807) is 0 Å². The second-order valence-electron chi connectivity index (χ2n) is 5.88. The van der Waals surface area contributed by atoms with Crippen LogP contribution >= 0.6 is 11.6 Å². The number of carbonyl (C=O) groups is 2. The minimum atomic E-state index is -3.63. The van der Waals surface area contributed by atoms with E-state index >= 15 is 0 Å². The molecule has 2 aromatic rings. The van der Waals surface area contributed by atoms with E-state index in [1.807, 2.05) is 37.3 Å². The first-order valence-electron chi connectivity index (χ1n) is 8.26. The molecule has 1 amide bonds. The van der Waals surface area contributed by atoms with Gasteiger partial charge in [-0.1, -0.05) is 41.9 Å². The number of amides is 1. The van der Waals surface area contributed by atoms with Gasteiger partial charge in [-0.2, -0.15) is 0 Å². The van der Waals surface area contributed by atoms with Crippen molar-refractivity contribution in [2.75, 3.05) is 12.4 Å². The average molecular weight is 410 g/mol. The second kappa shape index (κ2) is 9.53. The lowest BCUT2D eigenvalue weighted by molar-refractivity contribution is -0.148. The Morgan fingerprint density at radius 1 is 1.07 bits per heavy atom. The quantitative estimate of drug-likeness (QED) is 0.677. The van der Waals surface area contributed by atoms with E-state index in [9.17, 15) is 18.0 Å². The molecular weight excluding hydrogens is 390 g/mol. The molecule has 0 aliphatic rings. The first kappa shape index (κ1) is 20.9. The lowest BCUT2D eigenvalue weighted by atomic mass is 10.1. The summed E-state index contributed by atoms with van der Waals surface area (Å²) in [6.45, 7) is 1.35. The maximum atomic E-state index is 12.2. The molecule has 27 heavy (non-hydrogen) atoms. The molecule has 0 spiro atoms. The van der Waals surface area contributed by atoms with Crippen LogP contribution in [0.15, 0.2) is 59.5 Å². The minimum absolute atomic E-state index is 0.0779. The van der Waals surface area contributed by atoms with Gasteiger partial charge in [0.15, 0.2) is 16.4 Å². The summed E-state index contributed by atoms with van der Waals surface area (Å²) in [6.07, 6.45) is -0.341. The Balaban J connectivity index is 1.77. The van der Waals surface area contributed by atoms with E-state index in [0.717, 1.165) is 5.56 Å². The van der Waals surface area contributed by atoms with Crippen LogP contribution in [0, 0.1) is 0 Å². The Morgan fingerprint density at radius 3 is 2.33 bits per heavy atom. The minimum Gasteiger partial charge on any atom is -0.456 e. The van der Waals surface area contributed by atoms with Crippen LogP contribution in [-0.2, 0) is 24.2 Å². The molecule has 1 N–H and O–H groups in total. The fraction of sp³-hybridized carbons (Fsp3) is 0.263. The first-order chi connectivity index (χ1) is 12.8. The molecule has 0 heterocycles. The van der Waals surface area contributed by atoms with Crippen LogP contribution in [0.2, 0.25) is 5.02 Å². The summed E-state index contributed by atoms with van der Waals surface area (Å²) in [5.74, 6) is -1.62. The highest BCUT2D eigenvalue weighted by molar-refractivity contribution is 7.91. The van der Waals surface area contributed by atoms with Crippen LogP contribution in [0.4, 0.5) is 0 Å². The highest BCUT2D eigenvalue weighted by Crippen LogP contribution is 2.16. The van der Waals surface area contributed by atoms with Crippen molar-refractivity contribution in [3.05, 3.63) is 65.2 Å². The van der Waals surface area contributed by atoms with Crippen molar-refractivity contribution >= 4 is 33.3 Å². The number of nitrogens with one attached hydrogen (secondary N) is 1. The van der Waals surface area contributed by atoms with E-state index < -0.39 is 34.1 Å². The smallest absolute Gasteiger partial charge is 0.307 e. The molecule has 0 saturated carbocycles. The van der Waals surface area contributed by atoms with E-state index in [4.69, 9.17) is 16.3 Å². The van der Waals surface area contributed by atoms with Gasteiger partial charge in [-0.05, 0) is 36.8 Å². The molecule has 2 aromatic carbocycles. The van der Waals surface area contributed by atoms with Crippen LogP contribution in [0.5, 0.6) is 0 Å². The van der Waals surface area contributed by atoms with Gasteiger partial charge in [0, 0.05) is 5.02 Å². The molecule has 1 atom stereocenters. The Morgan fingerprint density at radius 2 is 1.70 bits per heavy atom. The maximum Gasteiger partial charge on any atom is 0.307 e. The molecule has 0 aromatic heterocycles. The third kappa shape index (κ3) is 6.69. The Kier molecular flexibility index (Phi) is 7.38. The van der Waals surface area contributed by atoms with E-state index in [1.165, 1.54) is 24.3 Å². The molecular formula is C19H20ClNO5S. The predicted octanol–water partition coefficient (Wildman–Crippen LogP) is 2.92. The van der Waals surface area contributed by atoms with Crippen molar-refractivity contribution in [1.82, 2.24) is 5.32 Å². The number of halogens is 1. The largest absolute Gasteiger partial charge is 0.456 e. The number of hydrogen-bond donors (Lipinski definition) is 1. The van der Waals surface area contributed by atoms with Gasteiger partial charge in [0.1, 0.15) is 0 Å². The topological polar surface area (TPSA) is 89.5 Å². The average Bonchev–Trinajstić information content (AvgIpc) is 2.66. The molecule has 144 valence electrons. The SMILES string of the molecule is C[C@@H](NC(=O)COC(=O)CCS(=O)(=O)c1ccc(Cl)cc1)c1ccccc1. The van der Waals surface area contributed by atoms with E-state index in [0.29, 0.717) is 5.02 Å². The van der Waals surface area contributed by atoms with Crippen molar-refractivity contribution in [3.8, 4) is 0 Å². The molecule has 0 fully saturated rings. The zero-order valence-electron chi connectivity index (χ0n) is 14.7. The van der Waals surface area contributed by atoms with Crippen LogP contribution in [-0.4, -0.2) is 32.7 Å². The summed E-state index contributed by atoms with van der Waals surface area (Å²) in [6, 6.07) is 14.8. The van der Waals surface area contributed by atoms with E-state index in [-0.39, 0.29) is 17.4 Å². The highest BCUT2D eigenvalue weighted by Gasteiger charge is 2.18. The third-order valence-electron chi connectivity index (χ3n) is 3.79. The molecule has 0 aliphatic carbocycles. The lowest BCUT2D eigenvalue weighted by Crippen LogP contribution is -2.31. The number of benzene rings is 2. The first-order valence-corrected chi connectivity index (χ1v) is 10.3. The van der Waals surface area contributed by atoms with Gasteiger partial charge in [0.25, 0.3) is 5.91 Å². The molecule has 0 bridgehead atoms. The van der Waals surface area contributed by atoms with Gasteiger partial charge < -0.3 is 10.1 Å². The Hall–Kier alpha value is -2.38. The normalized spacial score (nSPS) is 12.2. The van der Waals surface area contributed by atoms with Crippen molar-refractivity contribution < 1.29 is 22.7 Å². The lowest BCUT2D eigenvalue weighted by Gasteiger charge is -2.14. The summed E-state index contributed by atoms with van der Waals surface area (Å²) in [5, 5.41) is 3.13.